The fourth-order valence-electron chi connectivity index (χ4n) is 4.61. The summed E-state index contributed by atoms with van der Waals surface area (Å²) in [4.78, 5) is 28.3. The van der Waals surface area contributed by atoms with Crippen LogP contribution in [0.2, 0.25) is 5.02 Å². The van der Waals surface area contributed by atoms with Crippen LogP contribution in [-0.4, -0.2) is 51.0 Å². The lowest BCUT2D eigenvalue weighted by atomic mass is 10.0. The van der Waals surface area contributed by atoms with Crippen molar-refractivity contribution in [3.05, 3.63) is 100 Å². The number of amides is 2. The predicted molar refractivity (Wildman–Crippen MR) is 157 cm³/mol. The Kier molecular flexibility index (Phi) is 10.5. The average Bonchev–Trinajstić information content (AvgIpc) is 2.88. The third-order valence-electron chi connectivity index (χ3n) is 6.43. The predicted octanol–water partition coefficient (Wildman–Crippen LogP) is 4.89. The number of carbonyl (C=O) groups excluding carboxylic acids is 2. The summed E-state index contributed by atoms with van der Waals surface area (Å²) >= 11 is 6.06. The second-order valence-corrected chi connectivity index (χ2v) is 12.1. The molecule has 0 aliphatic heterocycles. The number of likely N-dealkylation sites (N-methyl/N-ethyl adjacent to an activating group) is 1. The van der Waals surface area contributed by atoms with Crippen LogP contribution < -0.4 is 9.62 Å². The molecule has 0 saturated carbocycles. The highest BCUT2D eigenvalue weighted by Gasteiger charge is 2.30. The van der Waals surface area contributed by atoms with Gasteiger partial charge in [-0.2, -0.15) is 0 Å². The van der Waals surface area contributed by atoms with Crippen molar-refractivity contribution in [2.45, 2.75) is 45.7 Å². The van der Waals surface area contributed by atoms with Crippen molar-refractivity contribution < 1.29 is 18.0 Å². The summed E-state index contributed by atoms with van der Waals surface area (Å²) < 4.78 is 26.6. The van der Waals surface area contributed by atoms with E-state index in [4.69, 9.17) is 11.6 Å². The minimum atomic E-state index is -3.56. The number of aryl methyl sites for hydroxylation is 2. The van der Waals surface area contributed by atoms with Gasteiger partial charge in [0.2, 0.25) is 21.8 Å². The van der Waals surface area contributed by atoms with Gasteiger partial charge in [-0.3, -0.25) is 13.9 Å². The Bertz CT molecular complexity index is 1360. The maximum absolute atomic E-state index is 13.7. The zero-order valence-electron chi connectivity index (χ0n) is 22.9. The molecule has 0 aliphatic rings. The lowest BCUT2D eigenvalue weighted by Gasteiger charge is -2.31. The molecule has 0 aromatic heterocycles. The van der Waals surface area contributed by atoms with Crippen molar-refractivity contribution in [3.63, 3.8) is 0 Å². The maximum atomic E-state index is 13.7. The van der Waals surface area contributed by atoms with Gasteiger partial charge in [0.1, 0.15) is 6.04 Å². The SMILES string of the molecule is CNC(=O)[C@H](Cc1ccccc1)N(Cc1ccc(Cl)cc1)C(=O)CCCN(c1cc(C)cc(C)c1)S(C)(=O)=O. The van der Waals surface area contributed by atoms with Gasteiger partial charge in [-0.25, -0.2) is 8.42 Å². The van der Waals surface area contributed by atoms with E-state index in [2.05, 4.69) is 5.32 Å². The monoisotopic (exact) mass is 569 g/mol. The molecule has 0 unspecified atom stereocenters. The van der Waals surface area contributed by atoms with E-state index in [1.54, 1.807) is 24.1 Å². The van der Waals surface area contributed by atoms with Gasteiger partial charge in [-0.15, -0.1) is 0 Å². The lowest BCUT2D eigenvalue weighted by molar-refractivity contribution is -0.141. The molecule has 0 radical (unpaired) electrons. The summed E-state index contributed by atoms with van der Waals surface area (Å²) in [5.74, 6) is -0.502. The van der Waals surface area contributed by atoms with Crippen LogP contribution in [-0.2, 0) is 32.6 Å². The van der Waals surface area contributed by atoms with Gasteiger partial charge in [-0.05, 0) is 66.8 Å². The van der Waals surface area contributed by atoms with Crippen LogP contribution in [0.4, 0.5) is 5.69 Å². The van der Waals surface area contributed by atoms with Gasteiger partial charge in [0.25, 0.3) is 0 Å². The Morgan fingerprint density at radius 2 is 1.54 bits per heavy atom. The number of hydrogen-bond acceptors (Lipinski definition) is 4. The van der Waals surface area contributed by atoms with E-state index >= 15 is 0 Å². The number of sulfonamides is 1. The molecule has 7 nitrogen and oxygen atoms in total. The fraction of sp³-hybridized carbons (Fsp3) is 0.333. The van der Waals surface area contributed by atoms with E-state index in [9.17, 15) is 18.0 Å². The molecule has 2 amide bonds. The van der Waals surface area contributed by atoms with Crippen molar-refractivity contribution >= 4 is 39.1 Å². The Morgan fingerprint density at radius 3 is 2.10 bits per heavy atom. The molecule has 0 spiro atoms. The molecule has 0 bridgehead atoms. The van der Waals surface area contributed by atoms with E-state index in [1.807, 2.05) is 74.5 Å². The van der Waals surface area contributed by atoms with Crippen molar-refractivity contribution in [3.8, 4) is 0 Å². The molecule has 1 N–H and O–H groups in total. The zero-order valence-corrected chi connectivity index (χ0v) is 24.4. The Morgan fingerprint density at radius 1 is 0.923 bits per heavy atom. The summed E-state index contributed by atoms with van der Waals surface area (Å²) in [6.07, 6.45) is 1.88. The first-order chi connectivity index (χ1) is 18.5. The van der Waals surface area contributed by atoms with Gasteiger partial charge in [0, 0.05) is 38.0 Å². The van der Waals surface area contributed by atoms with Crippen LogP contribution in [0.25, 0.3) is 0 Å². The maximum Gasteiger partial charge on any atom is 0.242 e. The number of hydrogen-bond donors (Lipinski definition) is 1. The minimum Gasteiger partial charge on any atom is -0.357 e. The first-order valence-electron chi connectivity index (χ1n) is 12.8. The van der Waals surface area contributed by atoms with Crippen LogP contribution in [0, 0.1) is 13.8 Å². The molecule has 208 valence electrons. The third-order valence-corrected chi connectivity index (χ3v) is 7.88. The molecule has 0 heterocycles. The number of halogens is 1. The smallest absolute Gasteiger partial charge is 0.242 e. The number of rotatable bonds is 12. The van der Waals surface area contributed by atoms with Crippen molar-refractivity contribution in [1.82, 2.24) is 10.2 Å². The van der Waals surface area contributed by atoms with E-state index < -0.39 is 16.1 Å². The topological polar surface area (TPSA) is 86.8 Å². The molecule has 0 saturated heterocycles. The molecular weight excluding hydrogens is 534 g/mol. The second-order valence-electron chi connectivity index (χ2n) is 9.75. The highest BCUT2D eigenvalue weighted by Crippen LogP contribution is 2.23. The van der Waals surface area contributed by atoms with Gasteiger partial charge < -0.3 is 10.2 Å². The quantitative estimate of drug-likeness (QED) is 0.336. The standard InChI is InChI=1S/C30H36ClN3O4S/c1-22-17-23(2)19-27(18-22)34(39(4,37)38)16-8-11-29(35)33(21-25-12-14-26(31)15-13-25)28(30(36)32-3)20-24-9-6-5-7-10-24/h5-7,9-10,12-15,17-19,28H,8,11,16,20-21H2,1-4H3,(H,32,36)/t28-/m0/s1. The molecule has 3 aromatic rings. The van der Waals surface area contributed by atoms with Gasteiger partial charge in [0.05, 0.1) is 11.9 Å². The third kappa shape index (κ3) is 8.83. The Labute approximate surface area is 236 Å². The minimum absolute atomic E-state index is 0.0761. The van der Waals surface area contributed by atoms with Crippen LogP contribution in [0.1, 0.15) is 35.1 Å². The summed E-state index contributed by atoms with van der Waals surface area (Å²) in [5.41, 5.74) is 4.25. The number of nitrogens with zero attached hydrogens (tertiary/aromatic N) is 2. The summed E-state index contributed by atoms with van der Waals surface area (Å²) in [6.45, 7) is 4.20. The number of nitrogens with one attached hydrogen (secondary N) is 1. The van der Waals surface area contributed by atoms with E-state index in [0.29, 0.717) is 23.6 Å². The number of carbonyl (C=O) groups is 2. The zero-order chi connectivity index (χ0) is 28.6. The second kappa shape index (κ2) is 13.6. The Balaban J connectivity index is 1.85. The molecule has 3 rings (SSSR count). The Hall–Kier alpha value is -3.36. The first kappa shape index (κ1) is 30.2. The van der Waals surface area contributed by atoms with Crippen molar-refractivity contribution in [2.75, 3.05) is 24.2 Å². The molecule has 3 aromatic carbocycles. The largest absolute Gasteiger partial charge is 0.357 e. The van der Waals surface area contributed by atoms with Crippen molar-refractivity contribution in [2.24, 2.45) is 0 Å². The fourth-order valence-corrected chi connectivity index (χ4v) is 5.68. The first-order valence-corrected chi connectivity index (χ1v) is 15.1. The normalized spacial score (nSPS) is 12.0. The summed E-state index contributed by atoms with van der Waals surface area (Å²) in [6, 6.07) is 21.6. The van der Waals surface area contributed by atoms with E-state index in [0.717, 1.165) is 22.3 Å². The van der Waals surface area contributed by atoms with Crippen LogP contribution in [0.15, 0.2) is 72.8 Å². The van der Waals surface area contributed by atoms with Crippen LogP contribution >= 0.6 is 11.6 Å². The van der Waals surface area contributed by atoms with Gasteiger partial charge >= 0.3 is 0 Å². The average molecular weight is 570 g/mol. The summed E-state index contributed by atoms with van der Waals surface area (Å²) in [7, 11) is -2.01. The van der Waals surface area contributed by atoms with Gasteiger partial charge in [-0.1, -0.05) is 60.1 Å². The molecule has 1 atom stereocenters. The molecule has 9 heteroatoms. The highest BCUT2D eigenvalue weighted by molar-refractivity contribution is 7.92. The molecule has 0 aliphatic carbocycles. The van der Waals surface area contributed by atoms with Gasteiger partial charge in [0.15, 0.2) is 0 Å². The number of anilines is 1. The molecular formula is C30H36ClN3O4S. The molecule has 39 heavy (non-hydrogen) atoms. The van der Waals surface area contributed by atoms with Crippen LogP contribution in [0.5, 0.6) is 0 Å². The highest BCUT2D eigenvalue weighted by atomic mass is 35.5. The summed E-state index contributed by atoms with van der Waals surface area (Å²) in [5, 5.41) is 3.28. The van der Waals surface area contributed by atoms with E-state index in [-0.39, 0.29) is 31.3 Å². The lowest BCUT2D eigenvalue weighted by Crippen LogP contribution is -2.49. The van der Waals surface area contributed by atoms with E-state index in [1.165, 1.54) is 10.6 Å². The van der Waals surface area contributed by atoms with Crippen molar-refractivity contribution in [1.29, 1.82) is 0 Å². The molecule has 0 fully saturated rings. The number of benzene rings is 3. The van der Waals surface area contributed by atoms with Crippen LogP contribution in [0.3, 0.4) is 0 Å².